The third kappa shape index (κ3) is 3.82. The lowest BCUT2D eigenvalue weighted by Crippen LogP contribution is -2.32. The van der Waals surface area contributed by atoms with Crippen LogP contribution in [-0.2, 0) is 4.79 Å². The van der Waals surface area contributed by atoms with E-state index in [-0.39, 0.29) is 17.9 Å². The van der Waals surface area contributed by atoms with Crippen LogP contribution in [0.3, 0.4) is 0 Å². The second-order valence-electron chi connectivity index (χ2n) is 4.58. The van der Waals surface area contributed by atoms with Crippen LogP contribution in [0.4, 0.5) is 0 Å². The van der Waals surface area contributed by atoms with Crippen molar-refractivity contribution in [1.29, 1.82) is 0 Å². The van der Waals surface area contributed by atoms with Crippen molar-refractivity contribution in [3.05, 3.63) is 21.4 Å². The summed E-state index contributed by atoms with van der Waals surface area (Å²) in [5.74, 6) is 0.0775. The molecule has 2 atom stereocenters. The highest BCUT2D eigenvalue weighted by Crippen LogP contribution is 2.26. The Hall–Kier alpha value is -0.870. The lowest BCUT2D eigenvalue weighted by Gasteiger charge is -2.17. The van der Waals surface area contributed by atoms with Gasteiger partial charge in [0.2, 0.25) is 5.91 Å². The second kappa shape index (κ2) is 6.17. The van der Waals surface area contributed by atoms with Gasteiger partial charge in [0.05, 0.1) is 6.04 Å². The zero-order valence-corrected chi connectivity index (χ0v) is 11.9. The van der Waals surface area contributed by atoms with Gasteiger partial charge in [-0.2, -0.15) is 0 Å². The van der Waals surface area contributed by atoms with Crippen molar-refractivity contribution in [3.63, 3.8) is 0 Å². The predicted molar refractivity (Wildman–Crippen MR) is 73.2 cm³/mol. The molecule has 0 radical (unpaired) electrons. The van der Waals surface area contributed by atoms with E-state index in [0.29, 0.717) is 6.54 Å². The first-order valence-corrected chi connectivity index (χ1v) is 6.84. The number of carbonyl (C=O) groups is 1. The largest absolute Gasteiger partial charge is 0.349 e. The molecule has 0 aliphatic heterocycles. The van der Waals surface area contributed by atoms with Crippen LogP contribution in [0.2, 0.25) is 0 Å². The van der Waals surface area contributed by atoms with Gasteiger partial charge in [0.1, 0.15) is 0 Å². The molecule has 3 nitrogen and oxygen atoms in total. The van der Waals surface area contributed by atoms with Crippen LogP contribution in [0.5, 0.6) is 0 Å². The summed E-state index contributed by atoms with van der Waals surface area (Å²) in [4.78, 5) is 14.4. The molecule has 1 rings (SSSR count). The fourth-order valence-corrected chi connectivity index (χ4v) is 2.92. The Morgan fingerprint density at radius 3 is 2.59 bits per heavy atom. The number of hydrogen-bond donors (Lipinski definition) is 2. The van der Waals surface area contributed by atoms with Gasteiger partial charge in [0.25, 0.3) is 0 Å². The van der Waals surface area contributed by atoms with Gasteiger partial charge in [-0.1, -0.05) is 6.92 Å². The van der Waals surface area contributed by atoms with Gasteiger partial charge < -0.3 is 11.1 Å². The molecular weight excluding hydrogens is 232 g/mol. The molecule has 0 fully saturated rings. The topological polar surface area (TPSA) is 55.1 Å². The SMILES string of the molecule is Cc1cc(C(C)NC(=O)C(C)CCN)c(C)s1. The third-order valence-electron chi connectivity index (χ3n) is 2.95. The molecular formula is C13H22N2OS. The van der Waals surface area contributed by atoms with Crippen LogP contribution < -0.4 is 11.1 Å². The van der Waals surface area contributed by atoms with E-state index in [1.54, 1.807) is 11.3 Å². The van der Waals surface area contributed by atoms with E-state index < -0.39 is 0 Å². The van der Waals surface area contributed by atoms with Gasteiger partial charge in [-0.25, -0.2) is 0 Å². The van der Waals surface area contributed by atoms with Crippen molar-refractivity contribution in [2.45, 2.75) is 40.2 Å². The summed E-state index contributed by atoms with van der Waals surface area (Å²) < 4.78 is 0. The maximum Gasteiger partial charge on any atom is 0.223 e. The van der Waals surface area contributed by atoms with E-state index in [2.05, 4.69) is 25.2 Å². The molecule has 4 heteroatoms. The van der Waals surface area contributed by atoms with E-state index in [1.165, 1.54) is 15.3 Å². The Morgan fingerprint density at radius 1 is 1.47 bits per heavy atom. The Morgan fingerprint density at radius 2 is 2.12 bits per heavy atom. The molecule has 0 bridgehead atoms. The summed E-state index contributed by atoms with van der Waals surface area (Å²) in [6, 6.07) is 2.23. The lowest BCUT2D eigenvalue weighted by atomic mass is 10.0. The quantitative estimate of drug-likeness (QED) is 0.848. The van der Waals surface area contributed by atoms with Crippen molar-refractivity contribution in [2.75, 3.05) is 6.54 Å². The fourth-order valence-electron chi connectivity index (χ4n) is 1.89. The van der Waals surface area contributed by atoms with Crippen LogP contribution in [-0.4, -0.2) is 12.5 Å². The Balaban J connectivity index is 2.63. The van der Waals surface area contributed by atoms with E-state index in [0.717, 1.165) is 6.42 Å². The maximum atomic E-state index is 11.9. The highest BCUT2D eigenvalue weighted by Gasteiger charge is 2.17. The first-order chi connectivity index (χ1) is 7.95. The van der Waals surface area contributed by atoms with Gasteiger partial charge in [-0.15, -0.1) is 11.3 Å². The minimum Gasteiger partial charge on any atom is -0.349 e. The molecule has 2 unspecified atom stereocenters. The molecule has 0 aromatic carbocycles. The van der Waals surface area contributed by atoms with Gasteiger partial charge in [0, 0.05) is 15.7 Å². The van der Waals surface area contributed by atoms with Crippen molar-refractivity contribution in [1.82, 2.24) is 5.32 Å². The molecule has 1 amide bonds. The van der Waals surface area contributed by atoms with Gasteiger partial charge in [-0.3, -0.25) is 4.79 Å². The van der Waals surface area contributed by atoms with Gasteiger partial charge in [0.15, 0.2) is 0 Å². The molecule has 17 heavy (non-hydrogen) atoms. The van der Waals surface area contributed by atoms with Crippen LogP contribution in [0.1, 0.15) is 41.6 Å². The Labute approximate surface area is 107 Å². The molecule has 3 N–H and O–H groups in total. The summed E-state index contributed by atoms with van der Waals surface area (Å²) in [5.41, 5.74) is 6.68. The molecule has 0 spiro atoms. The zero-order chi connectivity index (χ0) is 13.0. The fraction of sp³-hybridized carbons (Fsp3) is 0.615. The number of nitrogens with two attached hydrogens (primary N) is 1. The first kappa shape index (κ1) is 14.2. The number of nitrogens with one attached hydrogen (secondary N) is 1. The van der Waals surface area contributed by atoms with Crippen molar-refractivity contribution in [2.24, 2.45) is 11.7 Å². The highest BCUT2D eigenvalue weighted by atomic mass is 32.1. The summed E-state index contributed by atoms with van der Waals surface area (Å²) in [6.07, 6.45) is 0.736. The van der Waals surface area contributed by atoms with Crippen molar-refractivity contribution in [3.8, 4) is 0 Å². The number of thiophene rings is 1. The Bertz CT molecular complexity index is 387. The average Bonchev–Trinajstić information content (AvgIpc) is 2.58. The molecule has 1 aromatic rings. The molecule has 96 valence electrons. The van der Waals surface area contributed by atoms with E-state index in [9.17, 15) is 4.79 Å². The monoisotopic (exact) mass is 254 g/mol. The molecule has 0 saturated heterocycles. The normalized spacial score (nSPS) is 14.4. The smallest absolute Gasteiger partial charge is 0.223 e. The molecule has 1 aromatic heterocycles. The Kier molecular flexibility index (Phi) is 5.15. The number of amides is 1. The number of carbonyl (C=O) groups excluding carboxylic acids is 1. The zero-order valence-electron chi connectivity index (χ0n) is 11.0. The van der Waals surface area contributed by atoms with E-state index in [1.807, 2.05) is 13.8 Å². The minimum absolute atomic E-state index is 0.0116. The minimum atomic E-state index is -0.0116. The number of aryl methyl sites for hydroxylation is 2. The van der Waals surface area contributed by atoms with Crippen molar-refractivity contribution >= 4 is 17.2 Å². The molecule has 0 saturated carbocycles. The standard InChI is InChI=1S/C13H22N2OS/c1-8(5-6-14)13(16)15-10(3)12-7-9(2)17-11(12)4/h7-8,10H,5-6,14H2,1-4H3,(H,15,16). The van der Waals surface area contributed by atoms with Gasteiger partial charge in [-0.05, 0) is 45.4 Å². The third-order valence-corrected chi connectivity index (χ3v) is 3.93. The van der Waals surface area contributed by atoms with E-state index >= 15 is 0 Å². The van der Waals surface area contributed by atoms with Crippen LogP contribution in [0.15, 0.2) is 6.07 Å². The van der Waals surface area contributed by atoms with E-state index in [4.69, 9.17) is 5.73 Å². The molecule has 1 heterocycles. The number of hydrogen-bond acceptors (Lipinski definition) is 3. The number of rotatable bonds is 5. The summed E-state index contributed by atoms with van der Waals surface area (Å²) in [5, 5.41) is 3.05. The molecule has 0 aliphatic carbocycles. The van der Waals surface area contributed by atoms with Crippen LogP contribution in [0.25, 0.3) is 0 Å². The van der Waals surface area contributed by atoms with Gasteiger partial charge >= 0.3 is 0 Å². The molecule has 0 aliphatic rings. The summed E-state index contributed by atoms with van der Waals surface area (Å²) in [7, 11) is 0. The summed E-state index contributed by atoms with van der Waals surface area (Å²) >= 11 is 1.77. The van der Waals surface area contributed by atoms with Crippen LogP contribution in [0, 0.1) is 19.8 Å². The second-order valence-corrected chi connectivity index (χ2v) is 6.04. The average molecular weight is 254 g/mol. The predicted octanol–water partition coefficient (Wildman–Crippen LogP) is 2.53. The first-order valence-electron chi connectivity index (χ1n) is 6.03. The van der Waals surface area contributed by atoms with Crippen LogP contribution >= 0.6 is 11.3 Å². The highest BCUT2D eigenvalue weighted by molar-refractivity contribution is 7.12. The summed E-state index contributed by atoms with van der Waals surface area (Å²) in [6.45, 7) is 8.69. The lowest BCUT2D eigenvalue weighted by molar-refractivity contribution is -0.125. The van der Waals surface area contributed by atoms with Crippen molar-refractivity contribution < 1.29 is 4.79 Å². The maximum absolute atomic E-state index is 11.9.